The fourth-order valence-electron chi connectivity index (χ4n) is 3.36. The Labute approximate surface area is 164 Å². The van der Waals surface area contributed by atoms with E-state index in [0.29, 0.717) is 41.2 Å². The topological polar surface area (TPSA) is 115 Å². The number of hydrogen-bond acceptors (Lipinski definition) is 9. The van der Waals surface area contributed by atoms with Gasteiger partial charge >= 0.3 is 0 Å². The van der Waals surface area contributed by atoms with E-state index in [1.807, 2.05) is 18.2 Å². The van der Waals surface area contributed by atoms with Gasteiger partial charge in [-0.05, 0) is 18.2 Å². The van der Waals surface area contributed by atoms with Crippen molar-refractivity contribution in [1.82, 2.24) is 20.2 Å². The second-order valence-electron chi connectivity index (χ2n) is 6.45. The molecule has 4 aromatic rings. The van der Waals surface area contributed by atoms with Crippen LogP contribution in [0.25, 0.3) is 33.5 Å². The number of nitrogens with one attached hydrogen (secondary N) is 1. The number of morpholine rings is 1. The van der Waals surface area contributed by atoms with Crippen molar-refractivity contribution in [2.45, 2.75) is 0 Å². The van der Waals surface area contributed by atoms with Crippen LogP contribution in [0.2, 0.25) is 0 Å². The summed E-state index contributed by atoms with van der Waals surface area (Å²) in [7, 11) is 0. The molecule has 1 fully saturated rings. The first-order chi connectivity index (χ1) is 14.9. The number of pyridine rings is 1. The molecule has 0 bridgehead atoms. The van der Waals surface area contributed by atoms with Gasteiger partial charge in [0, 0.05) is 47.5 Å². The molecule has 0 amide bonds. The van der Waals surface area contributed by atoms with Gasteiger partial charge in [0.2, 0.25) is 5.89 Å². The van der Waals surface area contributed by atoms with Crippen LogP contribution in [-0.4, -0.2) is 53.4 Å². The van der Waals surface area contributed by atoms with Crippen LogP contribution < -0.4 is 16.0 Å². The van der Waals surface area contributed by atoms with Crippen molar-refractivity contribution in [2.24, 2.45) is 0 Å². The number of fused-ring (bicyclic) bond motifs is 2. The highest BCUT2D eigenvalue weighted by Crippen LogP contribution is 2.33. The Bertz CT molecular complexity index is 1270. The Hall–Kier alpha value is -3.46. The van der Waals surface area contributed by atoms with E-state index in [1.54, 1.807) is 6.07 Å². The Kier molecular flexibility index (Phi) is 3.23. The average Bonchev–Trinajstić information content (AvgIpc) is 3.16. The number of hydrogen-bond donors (Lipinski definition) is 2. The van der Waals surface area contributed by atoms with E-state index in [4.69, 9.17) is 19.0 Å². The van der Waals surface area contributed by atoms with Gasteiger partial charge in [-0.2, -0.15) is 0 Å². The lowest BCUT2D eigenvalue weighted by atomic mass is 10.1. The van der Waals surface area contributed by atoms with Crippen molar-refractivity contribution in [2.75, 3.05) is 49.2 Å². The maximum atomic E-state index is 7.45. The highest BCUT2D eigenvalue weighted by molar-refractivity contribution is 5.99. The normalized spacial score (nSPS) is 16.7. The van der Waals surface area contributed by atoms with Gasteiger partial charge in [-0.25, -0.2) is 9.97 Å². The zero-order valence-corrected chi connectivity index (χ0v) is 14.8. The number of nitrogen functional groups attached to an aromatic ring is 1. The van der Waals surface area contributed by atoms with Crippen molar-refractivity contribution in [3.05, 3.63) is 30.5 Å². The van der Waals surface area contributed by atoms with Crippen LogP contribution in [0.1, 0.15) is 4.11 Å². The van der Waals surface area contributed by atoms with E-state index >= 15 is 0 Å². The third kappa shape index (κ3) is 2.76. The summed E-state index contributed by atoms with van der Waals surface area (Å²) in [5.74, 6) is 0.599. The van der Waals surface area contributed by atoms with Gasteiger partial charge in [0.15, 0.2) is 11.4 Å². The lowest BCUT2D eigenvalue weighted by molar-refractivity contribution is 0.122. The van der Waals surface area contributed by atoms with Crippen molar-refractivity contribution in [1.29, 1.82) is 0 Å². The first-order valence-electron chi connectivity index (χ1n) is 10.3. The molecule has 3 N–H and O–H groups in total. The number of aromatic nitrogens is 4. The van der Waals surface area contributed by atoms with Crippen LogP contribution in [0.5, 0.6) is 0 Å². The summed E-state index contributed by atoms with van der Waals surface area (Å²) in [6, 6.07) is 7.45. The fourth-order valence-corrected chi connectivity index (χ4v) is 3.36. The van der Waals surface area contributed by atoms with Crippen molar-refractivity contribution in [3.63, 3.8) is 0 Å². The minimum Gasteiger partial charge on any atom is -0.436 e. The van der Waals surface area contributed by atoms with Crippen LogP contribution in [0.3, 0.4) is 0 Å². The van der Waals surface area contributed by atoms with Gasteiger partial charge in [0.05, 0.1) is 18.8 Å². The highest BCUT2D eigenvalue weighted by atomic mass is 16.5. The minimum atomic E-state index is -2.43. The van der Waals surface area contributed by atoms with Crippen LogP contribution in [-0.2, 0) is 4.74 Å². The molecule has 0 aliphatic carbocycles. The Balaban J connectivity index is 1.60. The third-order valence-corrected chi connectivity index (χ3v) is 4.75. The zero-order valence-electron chi connectivity index (χ0n) is 17.8. The summed E-state index contributed by atoms with van der Waals surface area (Å²) in [6.07, 6.45) is 1.49. The lowest BCUT2D eigenvalue weighted by Crippen LogP contribution is -2.36. The van der Waals surface area contributed by atoms with Crippen LogP contribution in [0.15, 0.2) is 34.9 Å². The molecule has 1 saturated heterocycles. The number of rotatable bonds is 3. The maximum absolute atomic E-state index is 7.45. The Morgan fingerprint density at radius 3 is 2.96 bits per heavy atom. The molecule has 1 aromatic carbocycles. The molecular formula is C19H19N7O2. The molecular weight excluding hydrogens is 358 g/mol. The van der Waals surface area contributed by atoms with E-state index in [0.717, 1.165) is 18.8 Å². The van der Waals surface area contributed by atoms with E-state index in [-0.39, 0.29) is 17.2 Å². The predicted molar refractivity (Wildman–Crippen MR) is 107 cm³/mol. The van der Waals surface area contributed by atoms with Gasteiger partial charge < -0.3 is 25.1 Å². The van der Waals surface area contributed by atoms with Gasteiger partial charge in [-0.1, -0.05) is 0 Å². The Morgan fingerprint density at radius 1 is 1.21 bits per heavy atom. The lowest BCUT2D eigenvalue weighted by Gasteiger charge is -2.28. The quantitative estimate of drug-likeness (QED) is 0.552. The van der Waals surface area contributed by atoms with Crippen molar-refractivity contribution < 1.29 is 13.3 Å². The molecule has 1 aliphatic rings. The minimum absolute atomic E-state index is 0.0805. The SMILES string of the molecule is [2H]C([2H])([2H])Nc1ncc(-c2nc3ccc(N4CCOCC4)cc3o2)c2cc(N)nnc12. The van der Waals surface area contributed by atoms with E-state index < -0.39 is 6.98 Å². The van der Waals surface area contributed by atoms with Crippen LogP contribution in [0.4, 0.5) is 17.3 Å². The van der Waals surface area contributed by atoms with E-state index in [1.165, 1.54) is 6.20 Å². The second-order valence-corrected chi connectivity index (χ2v) is 6.45. The molecule has 5 rings (SSSR count). The van der Waals surface area contributed by atoms with Gasteiger partial charge in [0.1, 0.15) is 16.9 Å². The molecule has 0 atom stereocenters. The van der Waals surface area contributed by atoms with E-state index in [9.17, 15) is 0 Å². The van der Waals surface area contributed by atoms with Crippen LogP contribution >= 0.6 is 0 Å². The molecule has 142 valence electrons. The fraction of sp³-hybridized carbons (Fsp3) is 0.263. The molecule has 9 nitrogen and oxygen atoms in total. The summed E-state index contributed by atoms with van der Waals surface area (Å²) in [5, 5.41) is 10.8. The number of nitrogens with zero attached hydrogens (tertiary/aromatic N) is 5. The molecule has 0 unspecified atom stereocenters. The summed E-state index contributed by atoms with van der Waals surface area (Å²) in [5.41, 5.74) is 9.00. The molecule has 0 radical (unpaired) electrons. The molecule has 1 aliphatic heterocycles. The highest BCUT2D eigenvalue weighted by Gasteiger charge is 2.17. The molecule has 3 aromatic heterocycles. The number of benzene rings is 1. The first kappa shape index (κ1) is 13.7. The number of anilines is 3. The molecule has 9 heteroatoms. The number of ether oxygens (including phenoxy) is 1. The van der Waals surface area contributed by atoms with Crippen LogP contribution in [0, 0.1) is 0 Å². The molecule has 0 saturated carbocycles. The molecule has 28 heavy (non-hydrogen) atoms. The predicted octanol–water partition coefficient (Wildman–Crippen LogP) is 2.29. The summed E-state index contributed by atoms with van der Waals surface area (Å²) >= 11 is 0. The Morgan fingerprint density at radius 2 is 2.11 bits per heavy atom. The van der Waals surface area contributed by atoms with Gasteiger partial charge in [-0.15, -0.1) is 10.2 Å². The number of oxazole rings is 1. The first-order valence-corrected chi connectivity index (χ1v) is 8.81. The second kappa shape index (κ2) is 6.61. The summed E-state index contributed by atoms with van der Waals surface area (Å²) in [6.45, 7) is 0.582. The maximum Gasteiger partial charge on any atom is 0.229 e. The monoisotopic (exact) mass is 380 g/mol. The average molecular weight is 380 g/mol. The molecule has 0 spiro atoms. The standard InChI is InChI=1S/C19H19N7O2/c1-21-18-17-12(9-16(20)24-25-17)13(10-22-18)19-23-14-3-2-11(8-15(14)28-19)26-4-6-27-7-5-26/h2-3,8-10H,4-7H2,1H3,(H2,20,24)(H,21,22)/i1D3. The largest absolute Gasteiger partial charge is 0.436 e. The smallest absolute Gasteiger partial charge is 0.229 e. The summed E-state index contributed by atoms with van der Waals surface area (Å²) in [4.78, 5) is 11.0. The third-order valence-electron chi connectivity index (χ3n) is 4.75. The van der Waals surface area contributed by atoms with Gasteiger partial charge in [0.25, 0.3) is 0 Å². The van der Waals surface area contributed by atoms with Crippen molar-refractivity contribution >= 4 is 39.3 Å². The molecule has 4 heterocycles. The van der Waals surface area contributed by atoms with Gasteiger partial charge in [-0.3, -0.25) is 0 Å². The zero-order chi connectivity index (χ0) is 21.6. The van der Waals surface area contributed by atoms with E-state index in [2.05, 4.69) is 30.4 Å². The van der Waals surface area contributed by atoms with Crippen molar-refractivity contribution in [3.8, 4) is 11.5 Å². The summed E-state index contributed by atoms with van der Waals surface area (Å²) < 4.78 is 33.8. The number of nitrogens with two attached hydrogens (primary N) is 1.